The van der Waals surface area contributed by atoms with Crippen LogP contribution in [0.5, 0.6) is 0 Å². The second-order valence-corrected chi connectivity index (χ2v) is 7.52. The Balaban J connectivity index is 1.98. The van der Waals surface area contributed by atoms with E-state index in [1.54, 1.807) is 11.5 Å². The Kier molecular flexibility index (Phi) is 7.18. The number of likely N-dealkylation sites (tertiary alicyclic amines) is 1. The molecule has 2 heterocycles. The van der Waals surface area contributed by atoms with Crippen molar-refractivity contribution < 1.29 is 9.59 Å². The summed E-state index contributed by atoms with van der Waals surface area (Å²) in [5.41, 5.74) is 1.53. The summed E-state index contributed by atoms with van der Waals surface area (Å²) in [5.74, 6) is -0.141. The minimum atomic E-state index is -0.330. The summed E-state index contributed by atoms with van der Waals surface area (Å²) in [4.78, 5) is 41.2. The quantitative estimate of drug-likeness (QED) is 0.739. The highest BCUT2D eigenvalue weighted by molar-refractivity contribution is 5.95. The van der Waals surface area contributed by atoms with Crippen LogP contribution in [0.25, 0.3) is 0 Å². The van der Waals surface area contributed by atoms with Gasteiger partial charge in [-0.05, 0) is 59.3 Å². The third-order valence-electron chi connectivity index (χ3n) is 5.25. The molecule has 1 aliphatic rings. The molecule has 0 radical (unpaired) electrons. The van der Waals surface area contributed by atoms with E-state index in [2.05, 4.69) is 10.2 Å². The van der Waals surface area contributed by atoms with Gasteiger partial charge in [0.15, 0.2) is 0 Å². The molecule has 0 saturated carbocycles. The molecule has 2 rings (SSSR count). The van der Waals surface area contributed by atoms with Gasteiger partial charge in [0.25, 0.3) is 11.5 Å². The molecule has 0 spiro atoms. The van der Waals surface area contributed by atoms with Crippen LogP contribution in [0.1, 0.15) is 47.8 Å². The van der Waals surface area contributed by atoms with Gasteiger partial charge in [-0.3, -0.25) is 14.4 Å². The van der Waals surface area contributed by atoms with E-state index in [1.165, 1.54) is 0 Å². The van der Waals surface area contributed by atoms with E-state index in [0.717, 1.165) is 18.7 Å². The lowest BCUT2D eigenvalue weighted by Gasteiger charge is -2.26. The maximum absolute atomic E-state index is 12.6. The third kappa shape index (κ3) is 4.97. The van der Waals surface area contributed by atoms with Crippen LogP contribution in [0, 0.1) is 13.8 Å². The van der Waals surface area contributed by atoms with Crippen molar-refractivity contribution in [3.8, 4) is 0 Å². The summed E-state index contributed by atoms with van der Waals surface area (Å²) < 4.78 is 1.61. The summed E-state index contributed by atoms with van der Waals surface area (Å²) in [5, 5.41) is 2.88. The summed E-state index contributed by atoms with van der Waals surface area (Å²) >= 11 is 0. The number of carbonyl (C=O) groups is 2. The summed E-state index contributed by atoms with van der Waals surface area (Å²) in [6.07, 6.45) is 2.11. The normalized spacial score (nSPS) is 17.0. The van der Waals surface area contributed by atoms with E-state index in [4.69, 9.17) is 0 Å². The summed E-state index contributed by atoms with van der Waals surface area (Å²) in [7, 11) is 3.98. The Bertz CT molecular complexity index is 754. The summed E-state index contributed by atoms with van der Waals surface area (Å²) in [6, 6.07) is 2.03. The zero-order valence-electron chi connectivity index (χ0n) is 17.2. The van der Waals surface area contributed by atoms with Gasteiger partial charge in [0.2, 0.25) is 5.91 Å². The molecule has 7 nitrogen and oxygen atoms in total. The van der Waals surface area contributed by atoms with E-state index in [9.17, 15) is 14.4 Å². The zero-order valence-corrected chi connectivity index (χ0v) is 17.2. The zero-order chi connectivity index (χ0) is 20.1. The number of pyridine rings is 1. The van der Waals surface area contributed by atoms with Crippen molar-refractivity contribution >= 4 is 11.8 Å². The average molecular weight is 377 g/mol. The maximum atomic E-state index is 12.6. The van der Waals surface area contributed by atoms with Crippen LogP contribution in [0.2, 0.25) is 0 Å². The molecule has 1 saturated heterocycles. The number of nitrogens with zero attached hydrogens (tertiary/aromatic N) is 3. The number of aryl methyl sites for hydroxylation is 2. The van der Waals surface area contributed by atoms with E-state index in [-0.39, 0.29) is 29.0 Å². The van der Waals surface area contributed by atoms with Gasteiger partial charge in [0.1, 0.15) is 5.56 Å². The Labute approximate surface area is 161 Å². The number of aromatic nitrogens is 1. The van der Waals surface area contributed by atoms with Gasteiger partial charge in [-0.2, -0.15) is 0 Å². The Morgan fingerprint density at radius 2 is 2.00 bits per heavy atom. The van der Waals surface area contributed by atoms with Crippen LogP contribution in [0.3, 0.4) is 0 Å². The van der Waals surface area contributed by atoms with Crippen LogP contribution >= 0.6 is 0 Å². The molecule has 1 fully saturated rings. The second kappa shape index (κ2) is 9.17. The van der Waals surface area contributed by atoms with Gasteiger partial charge < -0.3 is 19.7 Å². The minimum absolute atomic E-state index is 0.157. The first kappa shape index (κ1) is 21.2. The van der Waals surface area contributed by atoms with Crippen molar-refractivity contribution in [1.82, 2.24) is 19.7 Å². The van der Waals surface area contributed by atoms with Crippen molar-refractivity contribution in [2.75, 3.05) is 33.7 Å². The van der Waals surface area contributed by atoms with Gasteiger partial charge in [-0.25, -0.2) is 0 Å². The molecule has 2 amide bonds. The maximum Gasteiger partial charge on any atom is 0.263 e. The number of likely N-dealkylation sites (N-methyl/N-ethyl adjacent to an activating group) is 1. The first-order valence-corrected chi connectivity index (χ1v) is 9.69. The van der Waals surface area contributed by atoms with E-state index in [0.29, 0.717) is 38.0 Å². The molecule has 1 N–H and O–H groups in total. The molecule has 1 aromatic rings. The Morgan fingerprint density at radius 1 is 1.30 bits per heavy atom. The number of hydrogen-bond acceptors (Lipinski definition) is 4. The topological polar surface area (TPSA) is 74.7 Å². The van der Waals surface area contributed by atoms with Gasteiger partial charge in [-0.1, -0.05) is 0 Å². The second-order valence-electron chi connectivity index (χ2n) is 7.52. The lowest BCUT2D eigenvalue weighted by Crippen LogP contribution is -2.40. The van der Waals surface area contributed by atoms with Crippen molar-refractivity contribution in [3.05, 3.63) is 33.2 Å². The van der Waals surface area contributed by atoms with Crippen molar-refractivity contribution in [2.45, 2.75) is 52.6 Å². The average Bonchev–Trinajstić information content (AvgIpc) is 2.93. The van der Waals surface area contributed by atoms with Crippen molar-refractivity contribution in [2.24, 2.45) is 0 Å². The standard InChI is InChI=1S/C20H32N4O3/c1-6-23-15(3)13-14(2)18(20(23)27)19(26)21-10-9-16-7-8-17(25)24(16)12-11-22(4)5/h13,16H,6-12H2,1-5H3,(H,21,26)/t16-/m1/s1. The SMILES string of the molecule is CCn1c(C)cc(C)c(C(=O)NCC[C@H]2CCC(=O)N2CCN(C)C)c1=O. The van der Waals surface area contributed by atoms with Crippen LogP contribution in [-0.2, 0) is 11.3 Å². The molecule has 0 bridgehead atoms. The van der Waals surface area contributed by atoms with Crippen molar-refractivity contribution in [3.63, 3.8) is 0 Å². The smallest absolute Gasteiger partial charge is 0.263 e. The first-order chi connectivity index (χ1) is 12.8. The van der Waals surface area contributed by atoms with Crippen LogP contribution in [0.15, 0.2) is 10.9 Å². The Morgan fingerprint density at radius 3 is 2.63 bits per heavy atom. The molecule has 0 unspecified atom stereocenters. The fraction of sp³-hybridized carbons (Fsp3) is 0.650. The number of hydrogen-bond donors (Lipinski definition) is 1. The molecular formula is C20H32N4O3. The molecule has 1 aromatic heterocycles. The highest BCUT2D eigenvalue weighted by Crippen LogP contribution is 2.20. The van der Waals surface area contributed by atoms with E-state index >= 15 is 0 Å². The molecule has 0 aromatic carbocycles. The first-order valence-electron chi connectivity index (χ1n) is 9.69. The number of rotatable bonds is 8. The Hall–Kier alpha value is -2.15. The van der Waals surface area contributed by atoms with Gasteiger partial charge in [0.05, 0.1) is 0 Å². The minimum Gasteiger partial charge on any atom is -0.352 e. The molecule has 0 aliphatic carbocycles. The summed E-state index contributed by atoms with van der Waals surface area (Å²) in [6.45, 7) is 8.09. The van der Waals surface area contributed by atoms with Crippen molar-refractivity contribution in [1.29, 1.82) is 0 Å². The molecule has 150 valence electrons. The van der Waals surface area contributed by atoms with E-state index in [1.807, 2.05) is 38.9 Å². The monoisotopic (exact) mass is 376 g/mol. The molecule has 1 atom stereocenters. The fourth-order valence-electron chi connectivity index (χ4n) is 3.75. The molecule has 7 heteroatoms. The number of nitrogens with one attached hydrogen (secondary N) is 1. The van der Waals surface area contributed by atoms with Gasteiger partial charge in [-0.15, -0.1) is 0 Å². The molecule has 1 aliphatic heterocycles. The predicted molar refractivity (Wildman–Crippen MR) is 106 cm³/mol. The molecular weight excluding hydrogens is 344 g/mol. The number of amides is 2. The van der Waals surface area contributed by atoms with Gasteiger partial charge in [0, 0.05) is 44.3 Å². The van der Waals surface area contributed by atoms with Crippen LogP contribution in [0.4, 0.5) is 0 Å². The van der Waals surface area contributed by atoms with Crippen LogP contribution in [-0.4, -0.2) is 66.0 Å². The largest absolute Gasteiger partial charge is 0.352 e. The number of carbonyl (C=O) groups excluding carboxylic acids is 2. The lowest BCUT2D eigenvalue weighted by molar-refractivity contribution is -0.129. The predicted octanol–water partition coefficient (Wildman–Crippen LogP) is 1.16. The molecule has 27 heavy (non-hydrogen) atoms. The third-order valence-corrected chi connectivity index (χ3v) is 5.25. The van der Waals surface area contributed by atoms with E-state index < -0.39 is 0 Å². The fourth-order valence-corrected chi connectivity index (χ4v) is 3.75. The highest BCUT2D eigenvalue weighted by Gasteiger charge is 2.30. The van der Waals surface area contributed by atoms with Crippen LogP contribution < -0.4 is 10.9 Å². The lowest BCUT2D eigenvalue weighted by atomic mass is 10.1. The highest BCUT2D eigenvalue weighted by atomic mass is 16.2. The van der Waals surface area contributed by atoms with Gasteiger partial charge >= 0.3 is 0 Å².